The van der Waals surface area contributed by atoms with Crippen molar-refractivity contribution in [3.8, 4) is 0 Å². The monoisotopic (exact) mass is 519 g/mol. The number of nitrogen functional groups attached to an aromatic ring is 1. The van der Waals surface area contributed by atoms with Gasteiger partial charge in [-0.2, -0.15) is 0 Å². The summed E-state index contributed by atoms with van der Waals surface area (Å²) in [5.41, 5.74) is 13.0. The fourth-order valence-corrected chi connectivity index (χ4v) is 6.76. The second-order valence-electron chi connectivity index (χ2n) is 11.7. The van der Waals surface area contributed by atoms with Gasteiger partial charge in [0.05, 0.1) is 17.4 Å². The van der Waals surface area contributed by atoms with Crippen molar-refractivity contribution >= 4 is 22.6 Å². The van der Waals surface area contributed by atoms with E-state index in [1.165, 1.54) is 37.1 Å². The van der Waals surface area contributed by atoms with Crippen LogP contribution in [-0.4, -0.2) is 75.2 Å². The number of aromatic nitrogens is 3. The predicted octanol–water partition coefficient (Wildman–Crippen LogP) is 4.72. The standard InChI is InChI=1S/C32H37N7/c1-37-15-12-25(13-16-37)38(2)26-18-24(19-26)32-36-29(30-31(33)34-14-17-39(30)32)23-9-8-22-10-11-27(35-28(22)20-23)21-6-4-3-5-7-21/h3-11,14,17,24-26,28H,12-13,15-16,18-20H2,1-2H3,(H2,33,34). The Morgan fingerprint density at radius 1 is 1.00 bits per heavy atom. The average Bonchev–Trinajstić information content (AvgIpc) is 3.33. The molecule has 3 aromatic rings. The lowest BCUT2D eigenvalue weighted by Crippen LogP contribution is -2.50. The molecule has 4 aliphatic rings. The highest BCUT2D eigenvalue weighted by Gasteiger charge is 2.39. The number of fused-ring (bicyclic) bond motifs is 2. The van der Waals surface area contributed by atoms with Gasteiger partial charge in [0.25, 0.3) is 0 Å². The summed E-state index contributed by atoms with van der Waals surface area (Å²) in [6, 6.07) is 11.8. The van der Waals surface area contributed by atoms with Crippen LogP contribution in [0.15, 0.2) is 77.6 Å². The van der Waals surface area contributed by atoms with Crippen molar-refractivity contribution in [3.05, 3.63) is 89.7 Å². The van der Waals surface area contributed by atoms with Crippen LogP contribution in [-0.2, 0) is 0 Å². The second kappa shape index (κ2) is 9.88. The van der Waals surface area contributed by atoms with E-state index in [9.17, 15) is 0 Å². The maximum atomic E-state index is 6.49. The molecule has 2 aliphatic heterocycles. The van der Waals surface area contributed by atoms with Crippen molar-refractivity contribution in [3.63, 3.8) is 0 Å². The van der Waals surface area contributed by atoms with E-state index in [0.717, 1.165) is 47.6 Å². The minimum atomic E-state index is 0.0829. The molecule has 2 aliphatic carbocycles. The fraction of sp³-hybridized carbons (Fsp3) is 0.406. The van der Waals surface area contributed by atoms with E-state index in [4.69, 9.17) is 15.7 Å². The molecule has 1 atom stereocenters. The molecule has 2 fully saturated rings. The smallest absolute Gasteiger partial charge is 0.150 e. The summed E-state index contributed by atoms with van der Waals surface area (Å²) < 4.78 is 2.20. The summed E-state index contributed by atoms with van der Waals surface area (Å²) >= 11 is 0. The van der Waals surface area contributed by atoms with E-state index in [1.54, 1.807) is 6.20 Å². The molecule has 7 rings (SSSR count). The van der Waals surface area contributed by atoms with Crippen molar-refractivity contribution in [1.29, 1.82) is 0 Å². The lowest BCUT2D eigenvalue weighted by atomic mass is 9.78. The number of piperidine rings is 1. The lowest BCUT2D eigenvalue weighted by Gasteiger charge is -2.46. The maximum Gasteiger partial charge on any atom is 0.150 e. The van der Waals surface area contributed by atoms with E-state index < -0.39 is 0 Å². The Balaban J connectivity index is 1.14. The fourth-order valence-electron chi connectivity index (χ4n) is 6.76. The van der Waals surface area contributed by atoms with Gasteiger partial charge < -0.3 is 15.5 Å². The van der Waals surface area contributed by atoms with Gasteiger partial charge >= 0.3 is 0 Å². The SMILES string of the molecule is CN1CCC(N(C)C2CC(c3nc(C4=CC=C5C=CC(c6ccccc6)=NC5C4)c4c(N)nccn34)C2)CC1. The highest BCUT2D eigenvalue weighted by Crippen LogP contribution is 2.43. The van der Waals surface area contributed by atoms with Crippen LogP contribution in [0.1, 0.15) is 55.1 Å². The first kappa shape index (κ1) is 24.5. The van der Waals surface area contributed by atoms with Crippen molar-refractivity contribution in [1.82, 2.24) is 24.2 Å². The third kappa shape index (κ3) is 4.43. The summed E-state index contributed by atoms with van der Waals surface area (Å²) in [6.07, 6.45) is 18.2. The number of aliphatic imine (C=N–C) groups is 1. The van der Waals surface area contributed by atoms with Gasteiger partial charge in [0.1, 0.15) is 17.2 Å². The quantitative estimate of drug-likeness (QED) is 0.528. The Labute approximate surface area is 230 Å². The molecule has 1 aromatic carbocycles. The molecule has 1 unspecified atom stereocenters. The van der Waals surface area contributed by atoms with Crippen LogP contribution in [0.5, 0.6) is 0 Å². The van der Waals surface area contributed by atoms with E-state index in [0.29, 0.717) is 23.8 Å². The third-order valence-electron chi connectivity index (χ3n) is 9.31. The van der Waals surface area contributed by atoms with Gasteiger partial charge in [0.2, 0.25) is 0 Å². The molecule has 2 aromatic heterocycles. The molecule has 0 bridgehead atoms. The normalized spacial score (nSPS) is 25.7. The highest BCUT2D eigenvalue weighted by molar-refractivity contribution is 6.10. The number of allylic oxidation sites excluding steroid dienone is 3. The van der Waals surface area contributed by atoms with Crippen LogP contribution in [0, 0.1) is 0 Å². The van der Waals surface area contributed by atoms with Gasteiger partial charge in [-0.1, -0.05) is 48.6 Å². The summed E-state index contributed by atoms with van der Waals surface area (Å²) in [5.74, 6) is 2.09. The minimum Gasteiger partial charge on any atom is -0.382 e. The molecule has 1 saturated carbocycles. The predicted molar refractivity (Wildman–Crippen MR) is 158 cm³/mol. The Morgan fingerprint density at radius 2 is 1.79 bits per heavy atom. The maximum absolute atomic E-state index is 6.49. The lowest BCUT2D eigenvalue weighted by molar-refractivity contribution is 0.0571. The molecule has 4 heterocycles. The molecular weight excluding hydrogens is 482 g/mol. The minimum absolute atomic E-state index is 0.0829. The zero-order chi connectivity index (χ0) is 26.5. The van der Waals surface area contributed by atoms with E-state index in [2.05, 4.69) is 81.8 Å². The van der Waals surface area contributed by atoms with E-state index in [-0.39, 0.29) is 6.04 Å². The Kier molecular flexibility index (Phi) is 6.21. The molecule has 39 heavy (non-hydrogen) atoms. The largest absolute Gasteiger partial charge is 0.382 e. The topological polar surface area (TPSA) is 75.0 Å². The summed E-state index contributed by atoms with van der Waals surface area (Å²) in [6.45, 7) is 2.40. The summed E-state index contributed by atoms with van der Waals surface area (Å²) in [7, 11) is 4.56. The van der Waals surface area contributed by atoms with Gasteiger partial charge in [-0.15, -0.1) is 0 Å². The van der Waals surface area contributed by atoms with Crippen LogP contribution < -0.4 is 5.73 Å². The molecule has 0 amide bonds. The number of rotatable bonds is 5. The van der Waals surface area contributed by atoms with E-state index in [1.807, 2.05) is 12.3 Å². The molecule has 7 heteroatoms. The van der Waals surface area contributed by atoms with Gasteiger partial charge in [-0.3, -0.25) is 9.39 Å². The Hall–Kier alpha value is -3.55. The van der Waals surface area contributed by atoms with Gasteiger partial charge in [-0.05, 0) is 75.7 Å². The molecule has 200 valence electrons. The number of dihydropyridines is 1. The van der Waals surface area contributed by atoms with Gasteiger partial charge in [-0.25, -0.2) is 9.97 Å². The molecule has 1 saturated heterocycles. The Bertz CT molecular complexity index is 1500. The van der Waals surface area contributed by atoms with Crippen molar-refractivity contribution in [2.45, 2.75) is 56.1 Å². The first-order valence-corrected chi connectivity index (χ1v) is 14.3. The van der Waals surface area contributed by atoms with Crippen molar-refractivity contribution in [2.75, 3.05) is 32.9 Å². The van der Waals surface area contributed by atoms with Crippen molar-refractivity contribution < 1.29 is 0 Å². The molecule has 2 N–H and O–H groups in total. The van der Waals surface area contributed by atoms with Crippen LogP contribution in [0.2, 0.25) is 0 Å². The number of anilines is 1. The second-order valence-corrected chi connectivity index (χ2v) is 11.7. The van der Waals surface area contributed by atoms with E-state index >= 15 is 0 Å². The zero-order valence-corrected chi connectivity index (χ0v) is 22.9. The number of nitrogens with zero attached hydrogens (tertiary/aromatic N) is 6. The summed E-state index contributed by atoms with van der Waals surface area (Å²) in [4.78, 5) is 19.9. The number of likely N-dealkylation sites (tertiary alicyclic amines) is 1. The number of hydrogen-bond donors (Lipinski definition) is 1. The average molecular weight is 520 g/mol. The van der Waals surface area contributed by atoms with Crippen LogP contribution in [0.3, 0.4) is 0 Å². The number of benzene rings is 1. The first-order valence-electron chi connectivity index (χ1n) is 14.3. The van der Waals surface area contributed by atoms with Crippen LogP contribution in [0.4, 0.5) is 5.82 Å². The first-order chi connectivity index (χ1) is 19.0. The molecule has 7 nitrogen and oxygen atoms in total. The number of nitrogens with two attached hydrogens (primary N) is 1. The molecule has 0 spiro atoms. The third-order valence-corrected chi connectivity index (χ3v) is 9.31. The zero-order valence-electron chi connectivity index (χ0n) is 22.9. The molecule has 0 radical (unpaired) electrons. The molecular formula is C32H37N7. The number of imidazole rings is 1. The van der Waals surface area contributed by atoms with Crippen LogP contribution in [0.25, 0.3) is 11.1 Å². The summed E-state index contributed by atoms with van der Waals surface area (Å²) in [5, 5.41) is 0. The highest BCUT2D eigenvalue weighted by atomic mass is 15.2. The Morgan fingerprint density at radius 3 is 2.59 bits per heavy atom. The van der Waals surface area contributed by atoms with Crippen LogP contribution >= 0.6 is 0 Å². The van der Waals surface area contributed by atoms with Gasteiger partial charge in [0.15, 0.2) is 0 Å². The number of hydrogen-bond acceptors (Lipinski definition) is 6. The van der Waals surface area contributed by atoms with Crippen molar-refractivity contribution in [2.24, 2.45) is 4.99 Å². The van der Waals surface area contributed by atoms with Gasteiger partial charge in [0, 0.05) is 36.8 Å².